The average molecular weight is 192 g/mol. The maximum Gasteiger partial charge on any atom is 0.223 e. The van der Waals surface area contributed by atoms with Gasteiger partial charge in [-0.15, -0.1) is 0 Å². The quantitative estimate of drug-likeness (QED) is 0.795. The molecule has 0 aromatic carbocycles. The summed E-state index contributed by atoms with van der Waals surface area (Å²) in [5.41, 5.74) is 0.890. The van der Waals surface area contributed by atoms with Crippen LogP contribution in [0.15, 0.2) is 24.4 Å². The van der Waals surface area contributed by atoms with E-state index in [2.05, 4.69) is 10.3 Å². The molecule has 1 N–H and O–H groups in total. The summed E-state index contributed by atoms with van der Waals surface area (Å²) >= 11 is 0. The lowest BCUT2D eigenvalue weighted by Gasteiger charge is -2.14. The van der Waals surface area contributed by atoms with Gasteiger partial charge in [-0.05, 0) is 19.1 Å². The summed E-state index contributed by atoms with van der Waals surface area (Å²) < 4.78 is 0. The van der Waals surface area contributed by atoms with Gasteiger partial charge in [0.25, 0.3) is 0 Å². The van der Waals surface area contributed by atoms with Crippen molar-refractivity contribution >= 4 is 5.91 Å². The van der Waals surface area contributed by atoms with Crippen molar-refractivity contribution in [1.82, 2.24) is 10.3 Å². The highest BCUT2D eigenvalue weighted by Gasteiger charge is 2.12. The predicted molar refractivity (Wildman–Crippen MR) is 55.6 cm³/mol. The number of hydrogen-bond donors (Lipinski definition) is 1. The first-order chi connectivity index (χ1) is 6.61. The van der Waals surface area contributed by atoms with Crippen molar-refractivity contribution in [3.63, 3.8) is 0 Å². The van der Waals surface area contributed by atoms with E-state index in [1.165, 1.54) is 0 Å². The van der Waals surface area contributed by atoms with E-state index < -0.39 is 0 Å². The number of hydrogen-bond acceptors (Lipinski definition) is 2. The van der Waals surface area contributed by atoms with E-state index in [9.17, 15) is 4.79 Å². The molecule has 1 heterocycles. The molecule has 1 aromatic rings. The second-order valence-electron chi connectivity index (χ2n) is 3.64. The van der Waals surface area contributed by atoms with Crippen molar-refractivity contribution in [3.05, 3.63) is 30.1 Å². The van der Waals surface area contributed by atoms with Gasteiger partial charge >= 0.3 is 0 Å². The van der Waals surface area contributed by atoms with Crippen LogP contribution >= 0.6 is 0 Å². The Hall–Kier alpha value is -1.38. The highest BCUT2D eigenvalue weighted by molar-refractivity contribution is 5.78. The van der Waals surface area contributed by atoms with Crippen LogP contribution in [0.5, 0.6) is 0 Å². The number of pyridine rings is 1. The van der Waals surface area contributed by atoms with Crippen LogP contribution < -0.4 is 5.32 Å². The van der Waals surface area contributed by atoms with Crippen LogP contribution in [-0.2, 0) is 4.79 Å². The van der Waals surface area contributed by atoms with Crippen molar-refractivity contribution in [2.75, 3.05) is 0 Å². The average Bonchev–Trinajstić information content (AvgIpc) is 2.19. The smallest absolute Gasteiger partial charge is 0.223 e. The minimum Gasteiger partial charge on any atom is -0.348 e. The molecule has 3 nitrogen and oxygen atoms in total. The van der Waals surface area contributed by atoms with E-state index in [0.717, 1.165) is 5.69 Å². The summed E-state index contributed by atoms with van der Waals surface area (Å²) in [5.74, 6) is 0.0734. The molecule has 0 saturated heterocycles. The monoisotopic (exact) mass is 192 g/mol. The van der Waals surface area contributed by atoms with Crippen LogP contribution in [0.3, 0.4) is 0 Å². The lowest BCUT2D eigenvalue weighted by Crippen LogP contribution is -2.30. The number of aromatic nitrogens is 1. The molecule has 1 aromatic heterocycles. The summed E-state index contributed by atoms with van der Waals surface area (Å²) in [6, 6.07) is 5.66. The van der Waals surface area contributed by atoms with Crippen LogP contribution in [0.4, 0.5) is 0 Å². The van der Waals surface area contributed by atoms with E-state index in [0.29, 0.717) is 0 Å². The molecule has 0 fully saturated rings. The Labute approximate surface area is 84.6 Å². The molecular formula is C11H16N2O. The molecule has 0 bridgehead atoms. The second kappa shape index (κ2) is 4.74. The standard InChI is InChI=1S/C11H16N2O/c1-8(2)11(14)13-9(3)10-6-4-5-7-12-10/h4-9H,1-3H3,(H,13,14)/t9-/m0/s1. The summed E-state index contributed by atoms with van der Waals surface area (Å²) in [5, 5.41) is 2.89. The molecule has 14 heavy (non-hydrogen) atoms. The number of amides is 1. The molecule has 0 aliphatic rings. The molecule has 1 rings (SSSR count). The topological polar surface area (TPSA) is 42.0 Å². The third kappa shape index (κ3) is 2.83. The SMILES string of the molecule is CC(C)C(=O)N[C@@H](C)c1ccccn1. The van der Waals surface area contributed by atoms with Gasteiger partial charge in [0, 0.05) is 12.1 Å². The first-order valence-electron chi connectivity index (χ1n) is 4.82. The third-order valence-electron chi connectivity index (χ3n) is 2.01. The Morgan fingerprint density at radius 1 is 1.36 bits per heavy atom. The minimum atomic E-state index is -0.0221. The summed E-state index contributed by atoms with van der Waals surface area (Å²) in [7, 11) is 0. The molecule has 0 saturated carbocycles. The maximum atomic E-state index is 11.4. The highest BCUT2D eigenvalue weighted by Crippen LogP contribution is 2.08. The van der Waals surface area contributed by atoms with Crippen LogP contribution in [0, 0.1) is 5.92 Å². The van der Waals surface area contributed by atoms with Crippen molar-refractivity contribution in [1.29, 1.82) is 0 Å². The number of carbonyl (C=O) groups is 1. The lowest BCUT2D eigenvalue weighted by molar-refractivity contribution is -0.124. The van der Waals surface area contributed by atoms with Gasteiger partial charge < -0.3 is 5.32 Å². The first-order valence-corrected chi connectivity index (χ1v) is 4.82. The van der Waals surface area contributed by atoms with Crippen molar-refractivity contribution in [3.8, 4) is 0 Å². The number of nitrogens with one attached hydrogen (secondary N) is 1. The highest BCUT2D eigenvalue weighted by atomic mass is 16.1. The largest absolute Gasteiger partial charge is 0.348 e. The van der Waals surface area contributed by atoms with Gasteiger partial charge in [-0.3, -0.25) is 9.78 Å². The Morgan fingerprint density at radius 3 is 2.57 bits per heavy atom. The van der Waals surface area contributed by atoms with Gasteiger partial charge in [-0.2, -0.15) is 0 Å². The van der Waals surface area contributed by atoms with Gasteiger partial charge in [0.05, 0.1) is 11.7 Å². The van der Waals surface area contributed by atoms with Crippen molar-refractivity contribution in [2.45, 2.75) is 26.8 Å². The zero-order valence-electron chi connectivity index (χ0n) is 8.82. The molecule has 1 amide bonds. The summed E-state index contributed by atoms with van der Waals surface area (Å²) in [6.45, 7) is 5.68. The van der Waals surface area contributed by atoms with E-state index in [1.54, 1.807) is 6.20 Å². The summed E-state index contributed by atoms with van der Waals surface area (Å²) in [6.07, 6.45) is 1.73. The summed E-state index contributed by atoms with van der Waals surface area (Å²) in [4.78, 5) is 15.6. The molecule has 0 unspecified atom stereocenters. The van der Waals surface area contributed by atoms with Crippen LogP contribution in [0.1, 0.15) is 32.5 Å². The Balaban J connectivity index is 2.59. The predicted octanol–water partition coefficient (Wildman–Crippen LogP) is 1.91. The molecule has 0 aliphatic carbocycles. The zero-order valence-corrected chi connectivity index (χ0v) is 8.82. The van der Waals surface area contributed by atoms with E-state index in [-0.39, 0.29) is 17.9 Å². The van der Waals surface area contributed by atoms with E-state index >= 15 is 0 Å². The second-order valence-corrected chi connectivity index (χ2v) is 3.64. The Bertz CT molecular complexity index is 295. The van der Waals surface area contributed by atoms with Crippen molar-refractivity contribution in [2.24, 2.45) is 5.92 Å². The van der Waals surface area contributed by atoms with Gasteiger partial charge in [-0.1, -0.05) is 19.9 Å². The fourth-order valence-electron chi connectivity index (χ4n) is 1.09. The third-order valence-corrected chi connectivity index (χ3v) is 2.01. The fourth-order valence-corrected chi connectivity index (χ4v) is 1.09. The van der Waals surface area contributed by atoms with Crippen molar-refractivity contribution < 1.29 is 4.79 Å². The van der Waals surface area contributed by atoms with Gasteiger partial charge in [0.1, 0.15) is 0 Å². The Morgan fingerprint density at radius 2 is 2.07 bits per heavy atom. The molecule has 0 radical (unpaired) electrons. The fraction of sp³-hybridized carbons (Fsp3) is 0.455. The molecule has 0 aliphatic heterocycles. The lowest BCUT2D eigenvalue weighted by atomic mass is 10.1. The molecule has 1 atom stereocenters. The number of carbonyl (C=O) groups excluding carboxylic acids is 1. The van der Waals surface area contributed by atoms with Crippen LogP contribution in [0.2, 0.25) is 0 Å². The van der Waals surface area contributed by atoms with Gasteiger partial charge in [0.2, 0.25) is 5.91 Å². The Kier molecular flexibility index (Phi) is 3.63. The number of rotatable bonds is 3. The van der Waals surface area contributed by atoms with Gasteiger partial charge in [0.15, 0.2) is 0 Å². The van der Waals surface area contributed by atoms with Gasteiger partial charge in [-0.25, -0.2) is 0 Å². The van der Waals surface area contributed by atoms with E-state index in [1.807, 2.05) is 39.0 Å². The van der Waals surface area contributed by atoms with Crippen LogP contribution in [-0.4, -0.2) is 10.9 Å². The minimum absolute atomic E-state index is 0.0150. The van der Waals surface area contributed by atoms with E-state index in [4.69, 9.17) is 0 Å². The number of nitrogens with zero attached hydrogens (tertiary/aromatic N) is 1. The normalized spacial score (nSPS) is 12.6. The molecule has 0 spiro atoms. The maximum absolute atomic E-state index is 11.4. The molecular weight excluding hydrogens is 176 g/mol. The van der Waals surface area contributed by atoms with Crippen LogP contribution in [0.25, 0.3) is 0 Å². The molecule has 76 valence electrons. The first kappa shape index (κ1) is 10.7. The zero-order chi connectivity index (χ0) is 10.6. The molecule has 3 heteroatoms.